The first-order valence-electron chi connectivity index (χ1n) is 6.43. The Hall–Kier alpha value is -1.13. The molecule has 1 fully saturated rings. The molecule has 1 aromatic heterocycles. The Bertz CT molecular complexity index is 431. The van der Waals surface area contributed by atoms with Crippen LogP contribution in [0, 0.1) is 12.3 Å². The number of pyridine rings is 1. The fraction of sp³-hybridized carbons (Fsp3) is 0.571. The van der Waals surface area contributed by atoms with Gasteiger partial charge in [0.1, 0.15) is 0 Å². The van der Waals surface area contributed by atoms with Gasteiger partial charge in [0, 0.05) is 24.5 Å². The first kappa shape index (κ1) is 15.9. The van der Waals surface area contributed by atoms with Gasteiger partial charge in [-0.25, -0.2) is 0 Å². The zero-order valence-corrected chi connectivity index (χ0v) is 12.5. The van der Waals surface area contributed by atoms with Crippen LogP contribution in [0.1, 0.15) is 36.3 Å². The average molecular weight is 284 g/mol. The van der Waals surface area contributed by atoms with Crippen LogP contribution in [0.15, 0.2) is 18.3 Å². The lowest BCUT2D eigenvalue weighted by Crippen LogP contribution is -2.54. The van der Waals surface area contributed by atoms with Crippen molar-refractivity contribution >= 4 is 18.3 Å². The van der Waals surface area contributed by atoms with E-state index >= 15 is 0 Å². The number of aromatic nitrogens is 1. The molecule has 1 aliphatic heterocycles. The number of carbonyl (C=O) groups is 1. The van der Waals surface area contributed by atoms with Crippen LogP contribution in [0.4, 0.5) is 0 Å². The smallest absolute Gasteiger partial charge is 0.253 e. The van der Waals surface area contributed by atoms with E-state index in [0.717, 1.165) is 25.2 Å². The van der Waals surface area contributed by atoms with Crippen molar-refractivity contribution in [3.63, 3.8) is 0 Å². The van der Waals surface area contributed by atoms with E-state index in [4.69, 9.17) is 0 Å². The third-order valence-electron chi connectivity index (χ3n) is 3.61. The van der Waals surface area contributed by atoms with Crippen molar-refractivity contribution in [1.82, 2.24) is 15.6 Å². The summed E-state index contributed by atoms with van der Waals surface area (Å²) in [5.41, 5.74) is 1.65. The second-order valence-corrected chi connectivity index (χ2v) is 5.67. The molecule has 0 radical (unpaired) electrons. The standard InChI is InChI=1S/C14H21N3O.ClH/c1-10-4-5-11(8-16-10)13(18)17-12-6-7-15-9-14(12,2)3;/h4-5,8,12,15H,6-7,9H2,1-3H3,(H,17,18);1H. The molecule has 2 rings (SSSR count). The number of amides is 1. The van der Waals surface area contributed by atoms with Crippen molar-refractivity contribution in [2.45, 2.75) is 33.2 Å². The summed E-state index contributed by atoms with van der Waals surface area (Å²) in [4.78, 5) is 16.3. The molecule has 0 aromatic carbocycles. The third-order valence-corrected chi connectivity index (χ3v) is 3.61. The minimum absolute atomic E-state index is 0. The molecule has 1 aromatic rings. The lowest BCUT2D eigenvalue weighted by atomic mass is 9.80. The van der Waals surface area contributed by atoms with Crippen LogP contribution < -0.4 is 10.6 Å². The van der Waals surface area contributed by atoms with E-state index in [2.05, 4.69) is 29.5 Å². The maximum Gasteiger partial charge on any atom is 0.253 e. The number of carbonyl (C=O) groups excluding carboxylic acids is 1. The van der Waals surface area contributed by atoms with Gasteiger partial charge in [-0.05, 0) is 37.4 Å². The van der Waals surface area contributed by atoms with Gasteiger partial charge in [0.15, 0.2) is 0 Å². The number of nitrogens with one attached hydrogen (secondary N) is 2. The highest BCUT2D eigenvalue weighted by atomic mass is 35.5. The summed E-state index contributed by atoms with van der Waals surface area (Å²) in [6.45, 7) is 8.16. The predicted molar refractivity (Wildman–Crippen MR) is 78.7 cm³/mol. The van der Waals surface area contributed by atoms with Gasteiger partial charge >= 0.3 is 0 Å². The summed E-state index contributed by atoms with van der Waals surface area (Å²) in [6, 6.07) is 3.90. The summed E-state index contributed by atoms with van der Waals surface area (Å²) in [5.74, 6) is -0.0255. The first-order valence-corrected chi connectivity index (χ1v) is 6.43. The van der Waals surface area contributed by atoms with E-state index in [1.54, 1.807) is 6.20 Å². The molecule has 4 nitrogen and oxygen atoms in total. The van der Waals surface area contributed by atoms with Gasteiger partial charge in [-0.2, -0.15) is 0 Å². The van der Waals surface area contributed by atoms with Gasteiger partial charge in [0.2, 0.25) is 0 Å². The van der Waals surface area contributed by atoms with E-state index in [-0.39, 0.29) is 29.8 Å². The minimum Gasteiger partial charge on any atom is -0.349 e. The third kappa shape index (κ3) is 3.91. The Morgan fingerprint density at radius 1 is 1.47 bits per heavy atom. The first-order chi connectivity index (χ1) is 8.49. The topological polar surface area (TPSA) is 54.0 Å². The summed E-state index contributed by atoms with van der Waals surface area (Å²) >= 11 is 0. The maximum absolute atomic E-state index is 12.1. The highest BCUT2D eigenvalue weighted by molar-refractivity contribution is 5.94. The molecule has 0 spiro atoms. The van der Waals surface area contributed by atoms with Gasteiger partial charge in [0.25, 0.3) is 5.91 Å². The highest BCUT2D eigenvalue weighted by Crippen LogP contribution is 2.25. The molecule has 1 amide bonds. The molecule has 0 bridgehead atoms. The zero-order valence-electron chi connectivity index (χ0n) is 11.7. The number of halogens is 1. The fourth-order valence-electron chi connectivity index (χ4n) is 2.28. The Labute approximate surface area is 120 Å². The fourth-order valence-corrected chi connectivity index (χ4v) is 2.28. The Balaban J connectivity index is 0.00000180. The zero-order chi connectivity index (χ0) is 13.2. The molecule has 5 heteroatoms. The molecule has 1 saturated heterocycles. The lowest BCUT2D eigenvalue weighted by molar-refractivity contribution is 0.0868. The number of hydrogen-bond donors (Lipinski definition) is 2. The molecule has 2 N–H and O–H groups in total. The summed E-state index contributed by atoms with van der Waals surface area (Å²) in [6.07, 6.45) is 2.61. The van der Waals surface area contributed by atoms with Crippen molar-refractivity contribution in [1.29, 1.82) is 0 Å². The van der Waals surface area contributed by atoms with Crippen LogP contribution in [0.2, 0.25) is 0 Å². The second-order valence-electron chi connectivity index (χ2n) is 5.67. The molecule has 1 unspecified atom stereocenters. The van der Waals surface area contributed by atoms with E-state index in [9.17, 15) is 4.79 Å². The van der Waals surface area contributed by atoms with Gasteiger partial charge in [-0.15, -0.1) is 12.4 Å². The predicted octanol–water partition coefficient (Wildman–Crippen LogP) is 1.93. The lowest BCUT2D eigenvalue weighted by Gasteiger charge is -2.39. The van der Waals surface area contributed by atoms with E-state index in [1.807, 2.05) is 19.1 Å². The number of aryl methyl sites for hydroxylation is 1. The quantitative estimate of drug-likeness (QED) is 0.872. The van der Waals surface area contributed by atoms with Crippen molar-refractivity contribution in [2.24, 2.45) is 5.41 Å². The molecular formula is C14H22ClN3O. The number of hydrogen-bond acceptors (Lipinski definition) is 3. The largest absolute Gasteiger partial charge is 0.349 e. The molecule has 2 heterocycles. The summed E-state index contributed by atoms with van der Waals surface area (Å²) < 4.78 is 0. The molecule has 0 aliphatic carbocycles. The second kappa shape index (κ2) is 6.35. The van der Waals surface area contributed by atoms with Crippen LogP contribution in [-0.2, 0) is 0 Å². The van der Waals surface area contributed by atoms with E-state index in [0.29, 0.717) is 5.56 Å². The monoisotopic (exact) mass is 283 g/mol. The number of rotatable bonds is 2. The Morgan fingerprint density at radius 3 is 2.79 bits per heavy atom. The van der Waals surface area contributed by atoms with Crippen LogP contribution >= 0.6 is 12.4 Å². The van der Waals surface area contributed by atoms with Gasteiger partial charge in [0.05, 0.1) is 5.56 Å². The van der Waals surface area contributed by atoms with Crippen LogP contribution in [0.25, 0.3) is 0 Å². The summed E-state index contributed by atoms with van der Waals surface area (Å²) in [5, 5.41) is 6.49. The van der Waals surface area contributed by atoms with Crippen LogP contribution in [-0.4, -0.2) is 30.0 Å². The highest BCUT2D eigenvalue weighted by Gasteiger charge is 2.33. The molecule has 106 valence electrons. The SMILES string of the molecule is Cc1ccc(C(=O)NC2CCNCC2(C)C)cn1.Cl. The molecule has 19 heavy (non-hydrogen) atoms. The Morgan fingerprint density at radius 2 is 2.21 bits per heavy atom. The number of piperidine rings is 1. The average Bonchev–Trinajstić information content (AvgIpc) is 2.32. The van der Waals surface area contributed by atoms with Crippen molar-refractivity contribution in [3.05, 3.63) is 29.6 Å². The van der Waals surface area contributed by atoms with Gasteiger partial charge in [-0.3, -0.25) is 9.78 Å². The van der Waals surface area contributed by atoms with E-state index < -0.39 is 0 Å². The maximum atomic E-state index is 12.1. The van der Waals surface area contributed by atoms with Gasteiger partial charge in [-0.1, -0.05) is 13.8 Å². The minimum atomic E-state index is -0.0255. The molecular weight excluding hydrogens is 262 g/mol. The van der Waals surface area contributed by atoms with Crippen LogP contribution in [0.5, 0.6) is 0 Å². The molecule has 1 atom stereocenters. The van der Waals surface area contributed by atoms with Crippen LogP contribution in [0.3, 0.4) is 0 Å². The van der Waals surface area contributed by atoms with Gasteiger partial charge < -0.3 is 10.6 Å². The van der Waals surface area contributed by atoms with Crippen molar-refractivity contribution < 1.29 is 4.79 Å². The van der Waals surface area contributed by atoms with Crippen molar-refractivity contribution in [2.75, 3.05) is 13.1 Å². The number of nitrogens with zero attached hydrogens (tertiary/aromatic N) is 1. The Kier molecular flexibility index (Phi) is 5.32. The summed E-state index contributed by atoms with van der Waals surface area (Å²) in [7, 11) is 0. The van der Waals surface area contributed by atoms with E-state index in [1.165, 1.54) is 0 Å². The molecule has 0 saturated carbocycles. The van der Waals surface area contributed by atoms with Crippen molar-refractivity contribution in [3.8, 4) is 0 Å². The molecule has 1 aliphatic rings. The normalized spacial score (nSPS) is 21.3.